The van der Waals surface area contributed by atoms with Gasteiger partial charge >= 0.3 is 34.1 Å². The van der Waals surface area contributed by atoms with Crippen molar-refractivity contribution in [3.8, 4) is 0 Å². The van der Waals surface area contributed by atoms with Crippen molar-refractivity contribution in [2.24, 2.45) is 0 Å². The Balaban J connectivity index is -0.000000230. The molecule has 0 saturated heterocycles. The maximum absolute atomic E-state index is 8.52. The number of hydrogen-bond acceptors (Lipinski definition) is 14. The quantitative estimate of drug-likeness (QED) is 0.121. The van der Waals surface area contributed by atoms with Crippen molar-refractivity contribution >= 4 is 20.8 Å². The topological polar surface area (TPSA) is 238 Å². The van der Waals surface area contributed by atoms with E-state index in [0.717, 1.165) is 0 Å². The molecule has 6 heterocycles. The summed E-state index contributed by atoms with van der Waals surface area (Å²) in [4.78, 5) is 22.7. The van der Waals surface area contributed by atoms with Gasteiger partial charge in [0.25, 0.3) is 0 Å². The zero-order valence-electron chi connectivity index (χ0n) is 24.7. The zero-order chi connectivity index (χ0) is 34.5. The molecule has 0 aromatic carbocycles. The van der Waals surface area contributed by atoms with Crippen molar-refractivity contribution in [2.45, 2.75) is 0 Å². The van der Waals surface area contributed by atoms with E-state index in [4.69, 9.17) is 35.0 Å². The Bertz CT molecular complexity index is 1150. The van der Waals surface area contributed by atoms with E-state index in [1.807, 2.05) is 109 Å². The molecule has 0 aliphatic rings. The summed E-state index contributed by atoms with van der Waals surface area (Å²) in [6, 6.07) is 34.3. The molecular weight excluding hydrogens is 764 g/mol. The molecular formula is C30H30Cu2N6O8S2. The van der Waals surface area contributed by atoms with Crippen LogP contribution in [0.2, 0.25) is 0 Å². The average molecular weight is 794 g/mol. The number of pyridine rings is 6. The summed E-state index contributed by atoms with van der Waals surface area (Å²) < 4.78 is 68.2. The Morgan fingerprint density at radius 1 is 0.250 bits per heavy atom. The molecule has 6 aromatic rings. The summed E-state index contributed by atoms with van der Waals surface area (Å²) in [5.41, 5.74) is 0. The zero-order valence-corrected chi connectivity index (χ0v) is 28.2. The van der Waals surface area contributed by atoms with Crippen LogP contribution in [0.5, 0.6) is 0 Å². The maximum atomic E-state index is 8.52. The number of hydrogen-bond donors (Lipinski definition) is 0. The summed E-state index contributed by atoms with van der Waals surface area (Å²) in [5.74, 6) is 0. The smallest absolute Gasteiger partial charge is 0.759 e. The van der Waals surface area contributed by atoms with E-state index < -0.39 is 20.8 Å². The van der Waals surface area contributed by atoms with Crippen molar-refractivity contribution in [1.82, 2.24) is 29.9 Å². The molecule has 6 aromatic heterocycles. The van der Waals surface area contributed by atoms with E-state index in [1.165, 1.54) is 0 Å². The second-order valence-corrected chi connectivity index (χ2v) is 8.60. The van der Waals surface area contributed by atoms with Crippen LogP contribution in [-0.4, -0.2) is 65.0 Å². The first-order chi connectivity index (χ1) is 22.0. The van der Waals surface area contributed by atoms with Gasteiger partial charge in [-0.2, -0.15) is 0 Å². The standard InChI is InChI=1S/6C5H5N.2Cu.2H2O4S/c6*1-2-4-6-5-3-1;;;2*1-5(2,3)4/h6*1-5H;;;2*(H2,1,2,3,4)/q;;;;;;2*+2;;/p-4. The third kappa shape index (κ3) is 68.7. The van der Waals surface area contributed by atoms with Gasteiger partial charge < -0.3 is 18.2 Å². The fourth-order valence-corrected chi connectivity index (χ4v) is 1.88. The predicted molar refractivity (Wildman–Crippen MR) is 166 cm³/mol. The molecule has 18 heteroatoms. The minimum absolute atomic E-state index is 0. The molecule has 0 fully saturated rings. The van der Waals surface area contributed by atoms with Gasteiger partial charge in [0.1, 0.15) is 0 Å². The molecule has 0 amide bonds. The van der Waals surface area contributed by atoms with Crippen molar-refractivity contribution in [2.75, 3.05) is 0 Å². The van der Waals surface area contributed by atoms with Crippen molar-refractivity contribution in [1.29, 1.82) is 0 Å². The Morgan fingerprint density at radius 2 is 0.333 bits per heavy atom. The normalized spacial score (nSPS) is 8.42. The Hall–Kier alpha value is -4.32. The number of rotatable bonds is 0. The molecule has 0 aliphatic heterocycles. The van der Waals surface area contributed by atoms with Crippen LogP contribution >= 0.6 is 0 Å². The Morgan fingerprint density at radius 3 is 0.354 bits per heavy atom. The summed E-state index contributed by atoms with van der Waals surface area (Å²) >= 11 is 0. The molecule has 2 radical (unpaired) electrons. The number of nitrogens with zero attached hydrogens (tertiary/aromatic N) is 6. The third-order valence-corrected chi connectivity index (χ3v) is 3.40. The number of aromatic nitrogens is 6. The predicted octanol–water partition coefficient (Wildman–Crippen LogP) is 3.81. The van der Waals surface area contributed by atoms with Crippen molar-refractivity contribution in [3.63, 3.8) is 0 Å². The van der Waals surface area contributed by atoms with Crippen LogP contribution in [0.15, 0.2) is 184 Å². The maximum Gasteiger partial charge on any atom is 2.00 e. The first kappa shape index (κ1) is 50.5. The van der Waals surface area contributed by atoms with Crippen molar-refractivity contribution < 1.29 is 69.2 Å². The van der Waals surface area contributed by atoms with Gasteiger partial charge in [-0.1, -0.05) is 36.4 Å². The third-order valence-electron chi connectivity index (χ3n) is 3.40. The SMILES string of the molecule is O=S(=O)([O-])[O-].O=S(=O)([O-])[O-].[Cu+2].[Cu+2].c1ccncc1.c1ccncc1.c1ccncc1.c1ccncc1.c1ccncc1.c1ccncc1. The molecule has 48 heavy (non-hydrogen) atoms. The first-order valence-electron chi connectivity index (χ1n) is 12.4. The van der Waals surface area contributed by atoms with Crippen LogP contribution in [0.1, 0.15) is 0 Å². The average Bonchev–Trinajstić information content (AvgIpc) is 3.09. The molecule has 6 rings (SSSR count). The van der Waals surface area contributed by atoms with Crippen LogP contribution in [0.25, 0.3) is 0 Å². The molecule has 0 atom stereocenters. The van der Waals surface area contributed by atoms with Gasteiger partial charge in [0.15, 0.2) is 0 Å². The van der Waals surface area contributed by atoms with Gasteiger partial charge in [0, 0.05) is 95.2 Å². The Kier molecular flexibility index (Phi) is 40.9. The van der Waals surface area contributed by atoms with E-state index in [2.05, 4.69) is 29.9 Å². The van der Waals surface area contributed by atoms with Crippen LogP contribution in [-0.2, 0) is 54.9 Å². The van der Waals surface area contributed by atoms with E-state index >= 15 is 0 Å². The molecule has 262 valence electrons. The fraction of sp³-hybridized carbons (Fsp3) is 0. The monoisotopic (exact) mass is 792 g/mol. The summed E-state index contributed by atoms with van der Waals surface area (Å²) in [6.45, 7) is 0. The summed E-state index contributed by atoms with van der Waals surface area (Å²) in [6.07, 6.45) is 21.0. The second kappa shape index (κ2) is 38.9. The van der Waals surface area contributed by atoms with E-state index in [-0.39, 0.29) is 34.1 Å². The second-order valence-electron chi connectivity index (χ2n) is 6.96. The summed E-state index contributed by atoms with van der Waals surface area (Å²) in [7, 11) is -10.3. The van der Waals surface area contributed by atoms with Crippen LogP contribution in [0.3, 0.4) is 0 Å². The van der Waals surface area contributed by atoms with Gasteiger partial charge in [-0.25, -0.2) is 0 Å². The molecule has 0 N–H and O–H groups in total. The molecule has 0 saturated carbocycles. The van der Waals surface area contributed by atoms with E-state index in [9.17, 15) is 0 Å². The minimum Gasteiger partial charge on any atom is -0.759 e. The molecule has 0 spiro atoms. The summed E-state index contributed by atoms with van der Waals surface area (Å²) in [5, 5.41) is 0. The van der Waals surface area contributed by atoms with E-state index in [1.54, 1.807) is 74.4 Å². The van der Waals surface area contributed by atoms with E-state index in [0.29, 0.717) is 0 Å². The minimum atomic E-state index is -5.17. The Labute approximate surface area is 302 Å². The van der Waals surface area contributed by atoms with Gasteiger partial charge in [-0.3, -0.25) is 46.7 Å². The molecule has 0 unspecified atom stereocenters. The first-order valence-corrected chi connectivity index (χ1v) is 15.1. The van der Waals surface area contributed by atoms with Crippen LogP contribution in [0.4, 0.5) is 0 Å². The molecule has 0 bridgehead atoms. The van der Waals surface area contributed by atoms with Gasteiger partial charge in [0.05, 0.1) is 0 Å². The van der Waals surface area contributed by atoms with Gasteiger partial charge in [-0.15, -0.1) is 0 Å². The molecule has 0 aliphatic carbocycles. The van der Waals surface area contributed by atoms with Crippen LogP contribution < -0.4 is 0 Å². The fourth-order valence-electron chi connectivity index (χ4n) is 1.88. The molecule has 14 nitrogen and oxygen atoms in total. The van der Waals surface area contributed by atoms with Crippen LogP contribution in [0, 0.1) is 0 Å². The van der Waals surface area contributed by atoms with Crippen molar-refractivity contribution in [3.05, 3.63) is 184 Å². The van der Waals surface area contributed by atoms with Gasteiger partial charge in [0.2, 0.25) is 0 Å². The largest absolute Gasteiger partial charge is 2.00 e. The van der Waals surface area contributed by atoms with Gasteiger partial charge in [-0.05, 0) is 72.8 Å².